The fourth-order valence-electron chi connectivity index (χ4n) is 2.79. The molecule has 2 unspecified atom stereocenters. The lowest BCUT2D eigenvalue weighted by atomic mass is 10.1. The molecule has 23 heavy (non-hydrogen) atoms. The number of nitrogens with one attached hydrogen (secondary N) is 1. The molecule has 1 aliphatic heterocycles. The van der Waals surface area contributed by atoms with Crippen LogP contribution in [0.1, 0.15) is 36.7 Å². The first-order valence-corrected chi connectivity index (χ1v) is 9.28. The predicted octanol–water partition coefficient (Wildman–Crippen LogP) is 1.54. The van der Waals surface area contributed by atoms with E-state index in [4.69, 9.17) is 4.74 Å². The second kappa shape index (κ2) is 6.98. The van der Waals surface area contributed by atoms with E-state index < -0.39 is 10.0 Å². The number of morpholine rings is 1. The molecule has 1 heterocycles. The molecule has 0 aromatic heterocycles. The molecule has 0 spiro atoms. The minimum absolute atomic E-state index is 0.0309. The Morgan fingerprint density at radius 1 is 1.30 bits per heavy atom. The minimum atomic E-state index is -3.58. The Kier molecular flexibility index (Phi) is 5.44. The summed E-state index contributed by atoms with van der Waals surface area (Å²) in [5, 5.41) is 0. The lowest BCUT2D eigenvalue weighted by Gasteiger charge is -2.35. The average molecular weight is 340 g/mol. The third kappa shape index (κ3) is 4.10. The molecule has 6 nitrogen and oxygen atoms in total. The maximum atomic E-state index is 12.8. The van der Waals surface area contributed by atoms with Gasteiger partial charge in [-0.1, -0.05) is 13.0 Å². The van der Waals surface area contributed by atoms with Gasteiger partial charge in [0.1, 0.15) is 0 Å². The van der Waals surface area contributed by atoms with Gasteiger partial charge in [-0.3, -0.25) is 4.79 Å². The molecular weight excluding hydrogens is 316 g/mol. The molecule has 128 valence electrons. The lowest BCUT2D eigenvalue weighted by molar-refractivity contribution is -0.0586. The number of ether oxygens (including phenoxy) is 1. The summed E-state index contributed by atoms with van der Waals surface area (Å²) in [5.41, 5.74) is 1.18. The standard InChI is InChI=1S/C16H24N2O4S/c1-5-17-23(20,21)14-7-6-11(2)15(8-14)16(19)18-9-12(3)22-13(4)10-18/h6-8,12-13,17H,5,9-10H2,1-4H3. The molecule has 1 fully saturated rings. The topological polar surface area (TPSA) is 75.7 Å². The number of amides is 1. The van der Waals surface area contributed by atoms with Crippen molar-refractivity contribution >= 4 is 15.9 Å². The second-order valence-electron chi connectivity index (χ2n) is 5.95. The summed E-state index contributed by atoms with van der Waals surface area (Å²) in [7, 11) is -3.58. The highest BCUT2D eigenvalue weighted by molar-refractivity contribution is 7.89. The first-order valence-electron chi connectivity index (χ1n) is 7.79. The van der Waals surface area contributed by atoms with E-state index in [1.807, 2.05) is 20.8 Å². The van der Waals surface area contributed by atoms with Gasteiger partial charge in [0, 0.05) is 25.2 Å². The number of hydrogen-bond acceptors (Lipinski definition) is 4. The summed E-state index contributed by atoms with van der Waals surface area (Å²) in [5.74, 6) is -0.155. The number of carbonyl (C=O) groups is 1. The predicted molar refractivity (Wildman–Crippen MR) is 88.0 cm³/mol. The number of rotatable bonds is 4. The summed E-state index contributed by atoms with van der Waals surface area (Å²) in [4.78, 5) is 14.6. The maximum absolute atomic E-state index is 12.8. The van der Waals surface area contributed by atoms with Gasteiger partial charge in [-0.05, 0) is 38.5 Å². The van der Waals surface area contributed by atoms with Crippen molar-refractivity contribution in [3.05, 3.63) is 29.3 Å². The fourth-order valence-corrected chi connectivity index (χ4v) is 3.85. The van der Waals surface area contributed by atoms with Gasteiger partial charge in [0.05, 0.1) is 17.1 Å². The van der Waals surface area contributed by atoms with Gasteiger partial charge in [0.15, 0.2) is 0 Å². The van der Waals surface area contributed by atoms with E-state index in [0.717, 1.165) is 5.56 Å². The van der Waals surface area contributed by atoms with Crippen LogP contribution < -0.4 is 4.72 Å². The summed E-state index contributed by atoms with van der Waals surface area (Å²) in [6.45, 7) is 8.69. The molecule has 2 atom stereocenters. The Morgan fingerprint density at radius 2 is 1.91 bits per heavy atom. The Morgan fingerprint density at radius 3 is 2.48 bits per heavy atom. The van der Waals surface area contributed by atoms with Gasteiger partial charge in [-0.2, -0.15) is 0 Å². The number of aryl methyl sites for hydroxylation is 1. The largest absolute Gasteiger partial charge is 0.372 e. The van der Waals surface area contributed by atoms with Crippen LogP contribution in [0.15, 0.2) is 23.1 Å². The number of benzene rings is 1. The summed E-state index contributed by atoms with van der Waals surface area (Å²) in [6.07, 6.45) is -0.0617. The first-order chi connectivity index (χ1) is 10.7. The van der Waals surface area contributed by atoms with Gasteiger partial charge in [-0.15, -0.1) is 0 Å². The van der Waals surface area contributed by atoms with Crippen molar-refractivity contribution < 1.29 is 17.9 Å². The van der Waals surface area contributed by atoms with Crippen molar-refractivity contribution in [2.24, 2.45) is 0 Å². The molecule has 0 bridgehead atoms. The Hall–Kier alpha value is -1.44. The fraction of sp³-hybridized carbons (Fsp3) is 0.562. The zero-order valence-corrected chi connectivity index (χ0v) is 14.8. The second-order valence-corrected chi connectivity index (χ2v) is 7.71. The van der Waals surface area contributed by atoms with Gasteiger partial charge < -0.3 is 9.64 Å². The van der Waals surface area contributed by atoms with Crippen LogP contribution in [0, 0.1) is 6.92 Å². The smallest absolute Gasteiger partial charge is 0.254 e. The molecule has 2 rings (SSSR count). The van der Waals surface area contributed by atoms with E-state index in [0.29, 0.717) is 25.2 Å². The van der Waals surface area contributed by atoms with Crippen molar-refractivity contribution in [1.82, 2.24) is 9.62 Å². The quantitative estimate of drug-likeness (QED) is 0.902. The molecule has 1 aromatic carbocycles. The van der Waals surface area contributed by atoms with E-state index in [1.54, 1.807) is 17.9 Å². The Balaban J connectivity index is 2.33. The summed E-state index contributed by atoms with van der Waals surface area (Å²) < 4.78 is 32.4. The van der Waals surface area contributed by atoms with Crippen LogP contribution in [0.2, 0.25) is 0 Å². The van der Waals surface area contributed by atoms with Gasteiger partial charge >= 0.3 is 0 Å². The van der Waals surface area contributed by atoms with Crippen molar-refractivity contribution in [2.45, 2.75) is 44.8 Å². The summed E-state index contributed by atoms with van der Waals surface area (Å²) >= 11 is 0. The molecule has 1 aromatic rings. The van der Waals surface area contributed by atoms with Gasteiger partial charge in [0.25, 0.3) is 5.91 Å². The molecule has 1 saturated heterocycles. The third-order valence-corrected chi connectivity index (χ3v) is 5.33. The molecule has 0 radical (unpaired) electrons. The third-order valence-electron chi connectivity index (χ3n) is 3.79. The number of carbonyl (C=O) groups excluding carboxylic acids is 1. The number of hydrogen-bond donors (Lipinski definition) is 1. The zero-order chi connectivity index (χ0) is 17.2. The van der Waals surface area contributed by atoms with Crippen LogP contribution in [0.5, 0.6) is 0 Å². The average Bonchev–Trinajstić information content (AvgIpc) is 2.45. The van der Waals surface area contributed by atoms with Crippen LogP contribution in [-0.2, 0) is 14.8 Å². The van der Waals surface area contributed by atoms with Crippen LogP contribution in [0.25, 0.3) is 0 Å². The first kappa shape index (κ1) is 17.9. The highest BCUT2D eigenvalue weighted by Crippen LogP contribution is 2.20. The SMILES string of the molecule is CCNS(=O)(=O)c1ccc(C)c(C(=O)N2CC(C)OC(C)C2)c1. The maximum Gasteiger partial charge on any atom is 0.254 e. The van der Waals surface area contributed by atoms with E-state index in [2.05, 4.69) is 4.72 Å². The Labute approximate surface area is 137 Å². The number of nitrogens with zero attached hydrogens (tertiary/aromatic N) is 1. The van der Waals surface area contributed by atoms with E-state index >= 15 is 0 Å². The minimum Gasteiger partial charge on any atom is -0.372 e. The van der Waals surface area contributed by atoms with Crippen molar-refractivity contribution in [3.8, 4) is 0 Å². The molecule has 7 heteroatoms. The van der Waals surface area contributed by atoms with Crippen molar-refractivity contribution in [1.29, 1.82) is 0 Å². The van der Waals surface area contributed by atoms with E-state index in [-0.39, 0.29) is 23.0 Å². The Bertz CT molecular complexity index is 677. The zero-order valence-electron chi connectivity index (χ0n) is 14.0. The van der Waals surface area contributed by atoms with Crippen LogP contribution in [-0.4, -0.2) is 51.1 Å². The molecule has 0 aliphatic carbocycles. The molecule has 0 saturated carbocycles. The summed E-state index contributed by atoms with van der Waals surface area (Å²) in [6, 6.07) is 4.65. The molecule has 1 amide bonds. The van der Waals surface area contributed by atoms with Gasteiger partial charge in [-0.25, -0.2) is 13.1 Å². The van der Waals surface area contributed by atoms with E-state index in [9.17, 15) is 13.2 Å². The monoisotopic (exact) mass is 340 g/mol. The lowest BCUT2D eigenvalue weighted by Crippen LogP contribution is -2.48. The highest BCUT2D eigenvalue weighted by atomic mass is 32.2. The molecule has 1 aliphatic rings. The van der Waals surface area contributed by atoms with Crippen LogP contribution >= 0.6 is 0 Å². The van der Waals surface area contributed by atoms with Crippen molar-refractivity contribution in [3.63, 3.8) is 0 Å². The number of sulfonamides is 1. The molecular formula is C16H24N2O4S. The normalized spacial score (nSPS) is 22.2. The van der Waals surface area contributed by atoms with E-state index in [1.165, 1.54) is 12.1 Å². The highest BCUT2D eigenvalue weighted by Gasteiger charge is 2.28. The van der Waals surface area contributed by atoms with Crippen LogP contribution in [0.4, 0.5) is 0 Å². The molecule has 1 N–H and O–H groups in total. The van der Waals surface area contributed by atoms with Crippen molar-refractivity contribution in [2.75, 3.05) is 19.6 Å². The van der Waals surface area contributed by atoms with Gasteiger partial charge in [0.2, 0.25) is 10.0 Å². The van der Waals surface area contributed by atoms with Crippen LogP contribution in [0.3, 0.4) is 0 Å².